The van der Waals surface area contributed by atoms with E-state index in [9.17, 15) is 4.79 Å². The largest absolute Gasteiger partial charge is 0.468 e. The Balaban J connectivity index is 1.86. The third kappa shape index (κ3) is 3.40. The molecule has 1 aliphatic heterocycles. The van der Waals surface area contributed by atoms with Gasteiger partial charge in [0.15, 0.2) is 0 Å². The van der Waals surface area contributed by atoms with Crippen LogP contribution in [0.15, 0.2) is 18.3 Å². The summed E-state index contributed by atoms with van der Waals surface area (Å²) < 4.78 is 4.67. The third-order valence-electron chi connectivity index (χ3n) is 3.09. The standard InChI is InChI=1S/C12H18N3O2P/c1-17-12(16)9-14-4-6-15(7-5-14)10-2-3-11(18)13-8-10/h2-3,8H,4-7,9,18H2,1H3. The van der Waals surface area contributed by atoms with Gasteiger partial charge < -0.3 is 9.64 Å². The molecule has 0 N–H and O–H groups in total. The Morgan fingerprint density at radius 2 is 2.11 bits per heavy atom. The van der Waals surface area contributed by atoms with E-state index in [1.54, 1.807) is 0 Å². The number of piperazine rings is 1. The van der Waals surface area contributed by atoms with E-state index in [0.717, 1.165) is 37.3 Å². The normalized spacial score (nSPS) is 16.7. The van der Waals surface area contributed by atoms with Crippen LogP contribution < -0.4 is 10.3 Å². The van der Waals surface area contributed by atoms with E-state index < -0.39 is 0 Å². The third-order valence-corrected chi connectivity index (χ3v) is 3.43. The van der Waals surface area contributed by atoms with Gasteiger partial charge in [-0.05, 0) is 12.1 Å². The Bertz CT molecular complexity index is 402. The van der Waals surface area contributed by atoms with Crippen LogP contribution in [0.2, 0.25) is 0 Å². The average molecular weight is 267 g/mol. The van der Waals surface area contributed by atoms with Crippen LogP contribution in [0, 0.1) is 0 Å². The highest BCUT2D eigenvalue weighted by molar-refractivity contribution is 7.26. The predicted molar refractivity (Wildman–Crippen MR) is 74.3 cm³/mol. The first kappa shape index (κ1) is 13.2. The van der Waals surface area contributed by atoms with Crippen LogP contribution in [-0.4, -0.2) is 55.7 Å². The predicted octanol–water partition coefficient (Wildman–Crippen LogP) is -0.123. The SMILES string of the molecule is COC(=O)CN1CCN(c2ccc(P)nc2)CC1. The highest BCUT2D eigenvalue weighted by Gasteiger charge is 2.19. The van der Waals surface area contributed by atoms with Crippen molar-refractivity contribution in [3.05, 3.63) is 18.3 Å². The molecule has 1 unspecified atom stereocenters. The van der Waals surface area contributed by atoms with Crippen LogP contribution in [0.4, 0.5) is 5.69 Å². The molecule has 1 saturated heterocycles. The van der Waals surface area contributed by atoms with E-state index >= 15 is 0 Å². The monoisotopic (exact) mass is 267 g/mol. The topological polar surface area (TPSA) is 45.7 Å². The molecule has 0 aromatic carbocycles. The number of pyridine rings is 1. The van der Waals surface area contributed by atoms with Crippen LogP contribution in [0.3, 0.4) is 0 Å². The quantitative estimate of drug-likeness (QED) is 0.564. The lowest BCUT2D eigenvalue weighted by molar-refractivity contribution is -0.142. The Labute approximate surface area is 109 Å². The minimum absolute atomic E-state index is 0.169. The molecule has 0 aliphatic carbocycles. The lowest BCUT2D eigenvalue weighted by Gasteiger charge is -2.35. The second-order valence-corrected chi connectivity index (χ2v) is 4.87. The van der Waals surface area contributed by atoms with Gasteiger partial charge in [0.1, 0.15) is 0 Å². The van der Waals surface area contributed by atoms with Gasteiger partial charge in [-0.25, -0.2) is 0 Å². The molecule has 1 fully saturated rings. The number of anilines is 1. The molecule has 0 saturated carbocycles. The molecule has 1 aromatic rings. The fraction of sp³-hybridized carbons (Fsp3) is 0.500. The summed E-state index contributed by atoms with van der Waals surface area (Å²) in [5.74, 6) is -0.169. The van der Waals surface area contributed by atoms with E-state index in [1.807, 2.05) is 12.3 Å². The first-order valence-electron chi connectivity index (χ1n) is 5.94. The van der Waals surface area contributed by atoms with Crippen LogP contribution in [0.25, 0.3) is 0 Å². The van der Waals surface area contributed by atoms with E-state index in [0.29, 0.717) is 6.54 Å². The second-order valence-electron chi connectivity index (χ2n) is 4.28. The highest BCUT2D eigenvalue weighted by atomic mass is 31.0. The Morgan fingerprint density at radius 1 is 1.39 bits per heavy atom. The first-order valence-corrected chi connectivity index (χ1v) is 6.52. The fourth-order valence-electron chi connectivity index (χ4n) is 2.00. The summed E-state index contributed by atoms with van der Waals surface area (Å²) >= 11 is 0. The number of hydrogen-bond acceptors (Lipinski definition) is 5. The van der Waals surface area contributed by atoms with Crippen LogP contribution in [-0.2, 0) is 9.53 Å². The van der Waals surface area contributed by atoms with Gasteiger partial charge in [-0.2, -0.15) is 0 Å². The minimum atomic E-state index is -0.169. The number of nitrogens with zero attached hydrogens (tertiary/aromatic N) is 3. The van der Waals surface area contributed by atoms with Crippen LogP contribution >= 0.6 is 9.24 Å². The summed E-state index contributed by atoms with van der Waals surface area (Å²) in [6, 6.07) is 4.06. The van der Waals surface area contributed by atoms with Crippen molar-refractivity contribution in [3.8, 4) is 0 Å². The second kappa shape index (κ2) is 6.12. The van der Waals surface area contributed by atoms with Crippen LogP contribution in [0.1, 0.15) is 0 Å². The minimum Gasteiger partial charge on any atom is -0.468 e. The number of carbonyl (C=O) groups excluding carboxylic acids is 1. The number of rotatable bonds is 3. The summed E-state index contributed by atoms with van der Waals surface area (Å²) in [4.78, 5) is 19.8. The van der Waals surface area contributed by atoms with Gasteiger partial charge in [0, 0.05) is 26.2 Å². The molecule has 0 amide bonds. The number of aromatic nitrogens is 1. The van der Waals surface area contributed by atoms with Gasteiger partial charge in [-0.1, -0.05) is 9.24 Å². The van der Waals surface area contributed by atoms with Crippen molar-refractivity contribution in [3.63, 3.8) is 0 Å². The zero-order valence-corrected chi connectivity index (χ0v) is 11.7. The zero-order chi connectivity index (χ0) is 13.0. The van der Waals surface area contributed by atoms with Crippen molar-refractivity contribution in [2.24, 2.45) is 0 Å². The molecule has 0 radical (unpaired) electrons. The van der Waals surface area contributed by atoms with E-state index in [1.165, 1.54) is 7.11 Å². The molecular weight excluding hydrogens is 249 g/mol. The van der Waals surface area contributed by atoms with Gasteiger partial charge in [0.25, 0.3) is 0 Å². The highest BCUT2D eigenvalue weighted by Crippen LogP contribution is 2.14. The maximum atomic E-state index is 11.2. The average Bonchev–Trinajstić information content (AvgIpc) is 2.40. The van der Waals surface area contributed by atoms with Gasteiger partial charge >= 0.3 is 5.97 Å². The van der Waals surface area contributed by atoms with Crippen molar-refractivity contribution in [1.29, 1.82) is 0 Å². The summed E-state index contributed by atoms with van der Waals surface area (Å²) in [6.45, 7) is 3.95. The number of methoxy groups -OCH3 is 1. The molecule has 0 spiro atoms. The number of ether oxygens (including phenoxy) is 1. The number of carbonyl (C=O) groups is 1. The summed E-state index contributed by atoms with van der Waals surface area (Å²) in [7, 11) is 4.01. The van der Waals surface area contributed by atoms with Crippen molar-refractivity contribution in [2.75, 3.05) is 44.7 Å². The molecule has 6 heteroatoms. The molecule has 1 aromatic heterocycles. The molecule has 98 valence electrons. The molecule has 1 aliphatic rings. The summed E-state index contributed by atoms with van der Waals surface area (Å²) in [5.41, 5.74) is 2.09. The molecular formula is C12H18N3O2P. The van der Waals surface area contributed by atoms with E-state index in [4.69, 9.17) is 0 Å². The number of hydrogen-bond donors (Lipinski definition) is 0. The van der Waals surface area contributed by atoms with Gasteiger partial charge in [0.05, 0.1) is 31.0 Å². The van der Waals surface area contributed by atoms with Gasteiger partial charge in [-0.15, -0.1) is 0 Å². The number of esters is 1. The van der Waals surface area contributed by atoms with E-state index in [2.05, 4.69) is 34.8 Å². The summed E-state index contributed by atoms with van der Waals surface area (Å²) in [6.07, 6.45) is 1.89. The Kier molecular flexibility index (Phi) is 4.50. The molecule has 5 nitrogen and oxygen atoms in total. The molecule has 2 heterocycles. The Hall–Kier alpha value is -1.19. The molecule has 0 bridgehead atoms. The summed E-state index contributed by atoms with van der Waals surface area (Å²) in [5, 5.41) is 0. The van der Waals surface area contributed by atoms with Crippen molar-refractivity contribution in [1.82, 2.24) is 9.88 Å². The lowest BCUT2D eigenvalue weighted by Crippen LogP contribution is -2.48. The maximum absolute atomic E-state index is 11.2. The maximum Gasteiger partial charge on any atom is 0.319 e. The molecule has 2 rings (SSSR count). The van der Waals surface area contributed by atoms with Crippen LogP contribution in [0.5, 0.6) is 0 Å². The van der Waals surface area contributed by atoms with E-state index in [-0.39, 0.29) is 5.97 Å². The van der Waals surface area contributed by atoms with Crippen molar-refractivity contribution < 1.29 is 9.53 Å². The molecule has 1 atom stereocenters. The van der Waals surface area contributed by atoms with Gasteiger partial charge in [0.2, 0.25) is 0 Å². The zero-order valence-electron chi connectivity index (χ0n) is 10.5. The van der Waals surface area contributed by atoms with Crippen molar-refractivity contribution in [2.45, 2.75) is 0 Å². The van der Waals surface area contributed by atoms with Crippen molar-refractivity contribution >= 4 is 26.3 Å². The first-order chi connectivity index (χ1) is 8.69. The van der Waals surface area contributed by atoms with Gasteiger partial charge in [-0.3, -0.25) is 14.7 Å². The lowest BCUT2D eigenvalue weighted by atomic mass is 10.3. The molecule has 18 heavy (non-hydrogen) atoms. The smallest absolute Gasteiger partial charge is 0.319 e. The fourth-order valence-corrected chi connectivity index (χ4v) is 2.17. The Morgan fingerprint density at radius 3 is 2.67 bits per heavy atom.